The van der Waals surface area contributed by atoms with Gasteiger partial charge in [0.15, 0.2) is 5.88 Å². The van der Waals surface area contributed by atoms with E-state index in [1.165, 1.54) is 4.57 Å². The molecule has 160 valence electrons. The molecule has 3 heterocycles. The molecule has 2 aromatic heterocycles. The van der Waals surface area contributed by atoms with Crippen molar-refractivity contribution in [2.45, 2.75) is 25.4 Å². The molecule has 1 saturated heterocycles. The molecule has 0 saturated carbocycles. The predicted octanol–water partition coefficient (Wildman–Crippen LogP) is 2.80. The van der Waals surface area contributed by atoms with E-state index in [4.69, 9.17) is 0 Å². The number of amides is 3. The molecule has 8 nitrogen and oxygen atoms in total. The third-order valence-electron chi connectivity index (χ3n) is 5.78. The van der Waals surface area contributed by atoms with Crippen molar-refractivity contribution in [3.05, 3.63) is 72.2 Å². The highest BCUT2D eigenvalue weighted by molar-refractivity contribution is 6.00. The summed E-state index contributed by atoms with van der Waals surface area (Å²) >= 11 is 0. The average Bonchev–Trinajstić information content (AvgIpc) is 3.12. The molecule has 8 heteroatoms. The highest BCUT2D eigenvalue weighted by atomic mass is 16.3. The summed E-state index contributed by atoms with van der Waals surface area (Å²) in [4.78, 5) is 40.3. The number of aromatic nitrogens is 2. The van der Waals surface area contributed by atoms with Crippen molar-refractivity contribution in [2.24, 2.45) is 0 Å². The maximum atomic E-state index is 12.6. The molecule has 1 fully saturated rings. The first kappa shape index (κ1) is 19.7. The van der Waals surface area contributed by atoms with Crippen LogP contribution in [-0.2, 0) is 16.1 Å². The number of benzene rings is 2. The zero-order valence-electron chi connectivity index (χ0n) is 17.0. The molecule has 0 aliphatic carbocycles. The molecular formula is C24H20N4O4. The molecule has 2 aromatic carbocycles. The minimum absolute atomic E-state index is 0.0178. The second-order valence-electron chi connectivity index (χ2n) is 7.87. The molecule has 0 radical (unpaired) electrons. The molecule has 1 atom stereocenters. The Labute approximate surface area is 182 Å². The third-order valence-corrected chi connectivity index (χ3v) is 5.78. The van der Waals surface area contributed by atoms with Crippen molar-refractivity contribution in [2.75, 3.05) is 0 Å². The summed E-state index contributed by atoms with van der Waals surface area (Å²) in [5.74, 6) is -0.928. The number of nitrogens with zero attached hydrogens (tertiary/aromatic N) is 2. The van der Waals surface area contributed by atoms with E-state index in [0.29, 0.717) is 23.9 Å². The second-order valence-corrected chi connectivity index (χ2v) is 7.87. The first-order valence-electron chi connectivity index (χ1n) is 10.3. The van der Waals surface area contributed by atoms with Gasteiger partial charge in [-0.2, -0.15) is 0 Å². The third kappa shape index (κ3) is 3.56. The van der Waals surface area contributed by atoms with E-state index >= 15 is 0 Å². The highest BCUT2D eigenvalue weighted by Gasteiger charge is 2.30. The van der Waals surface area contributed by atoms with Gasteiger partial charge < -0.3 is 15.0 Å². The lowest BCUT2D eigenvalue weighted by Gasteiger charge is -2.22. The smallest absolute Gasteiger partial charge is 0.251 e. The van der Waals surface area contributed by atoms with Crippen LogP contribution in [0.3, 0.4) is 0 Å². The van der Waals surface area contributed by atoms with Gasteiger partial charge in [-0.15, -0.1) is 0 Å². The second kappa shape index (κ2) is 7.81. The maximum Gasteiger partial charge on any atom is 0.251 e. The van der Waals surface area contributed by atoms with E-state index in [2.05, 4.69) is 15.6 Å². The van der Waals surface area contributed by atoms with Crippen LogP contribution >= 0.6 is 0 Å². The van der Waals surface area contributed by atoms with E-state index in [-0.39, 0.29) is 24.1 Å². The highest BCUT2D eigenvalue weighted by Crippen LogP contribution is 2.33. The molecule has 4 aromatic rings. The summed E-state index contributed by atoms with van der Waals surface area (Å²) in [6.45, 7) is 0.313. The Morgan fingerprint density at radius 2 is 2.00 bits per heavy atom. The number of nitrogens with one attached hydrogen (secondary N) is 2. The lowest BCUT2D eigenvalue weighted by molar-refractivity contribution is -0.135. The Balaban J connectivity index is 1.34. The fraction of sp³-hybridized carbons (Fsp3) is 0.167. The van der Waals surface area contributed by atoms with Gasteiger partial charge in [0.25, 0.3) is 5.91 Å². The van der Waals surface area contributed by atoms with Crippen molar-refractivity contribution >= 4 is 39.3 Å². The SMILES string of the molecule is O=C1CCC(n2cc3cc(CNC(=O)c4ccc5cnccc5c4)ccc3c2O)C(=O)N1. The number of pyridine rings is 1. The van der Waals surface area contributed by atoms with E-state index in [1.807, 2.05) is 30.3 Å². The molecule has 1 aliphatic heterocycles. The largest absolute Gasteiger partial charge is 0.494 e. The predicted molar refractivity (Wildman–Crippen MR) is 118 cm³/mol. The minimum atomic E-state index is -0.633. The number of hydrogen-bond acceptors (Lipinski definition) is 5. The van der Waals surface area contributed by atoms with Crippen molar-refractivity contribution in [3.63, 3.8) is 0 Å². The molecule has 0 bridgehead atoms. The Bertz CT molecular complexity index is 1390. The molecular weight excluding hydrogens is 408 g/mol. The zero-order chi connectivity index (χ0) is 22.2. The number of hydrogen-bond donors (Lipinski definition) is 3. The average molecular weight is 428 g/mol. The van der Waals surface area contributed by atoms with Gasteiger partial charge in [0, 0.05) is 53.3 Å². The van der Waals surface area contributed by atoms with Crippen LogP contribution < -0.4 is 10.6 Å². The fourth-order valence-corrected chi connectivity index (χ4v) is 4.08. The zero-order valence-corrected chi connectivity index (χ0v) is 17.0. The summed E-state index contributed by atoms with van der Waals surface area (Å²) in [6, 6.07) is 12.1. The van der Waals surface area contributed by atoms with E-state index in [1.54, 1.807) is 30.7 Å². The first-order valence-corrected chi connectivity index (χ1v) is 10.3. The standard InChI is InChI=1S/C24H20N4O4/c29-21-6-5-20(23(31)27-21)28-13-18-9-14(1-4-19(18)24(28)32)11-26-22(30)16-2-3-17-12-25-8-7-15(17)10-16/h1-4,7-10,12-13,20,32H,5-6,11H2,(H,26,30)(H,27,29,31). The molecule has 3 N–H and O–H groups in total. The Morgan fingerprint density at radius 3 is 2.84 bits per heavy atom. The quantitative estimate of drug-likeness (QED) is 0.433. The van der Waals surface area contributed by atoms with Crippen LogP contribution in [0.15, 0.2) is 61.1 Å². The molecule has 3 amide bonds. The number of aromatic hydroxyl groups is 1. The Kier molecular flexibility index (Phi) is 4.82. The summed E-state index contributed by atoms with van der Waals surface area (Å²) in [6.07, 6.45) is 5.71. The van der Waals surface area contributed by atoms with Crippen LogP contribution in [0.2, 0.25) is 0 Å². The molecule has 0 spiro atoms. The summed E-state index contributed by atoms with van der Waals surface area (Å²) < 4.78 is 1.50. The van der Waals surface area contributed by atoms with Crippen molar-refractivity contribution in [1.29, 1.82) is 0 Å². The maximum absolute atomic E-state index is 12.6. The molecule has 1 unspecified atom stereocenters. The molecule has 5 rings (SSSR count). The Morgan fingerprint density at radius 1 is 1.12 bits per heavy atom. The van der Waals surface area contributed by atoms with Gasteiger partial charge in [-0.1, -0.05) is 12.1 Å². The van der Waals surface area contributed by atoms with Gasteiger partial charge in [-0.05, 0) is 47.7 Å². The normalized spacial score (nSPS) is 16.3. The summed E-state index contributed by atoms with van der Waals surface area (Å²) in [7, 11) is 0. The van der Waals surface area contributed by atoms with Crippen LogP contribution in [0, 0.1) is 0 Å². The summed E-state index contributed by atoms with van der Waals surface area (Å²) in [5.41, 5.74) is 1.42. The number of fused-ring (bicyclic) bond motifs is 2. The van der Waals surface area contributed by atoms with Gasteiger partial charge in [-0.25, -0.2) is 0 Å². The van der Waals surface area contributed by atoms with Crippen LogP contribution in [-0.4, -0.2) is 32.4 Å². The van der Waals surface area contributed by atoms with Gasteiger partial charge in [0.2, 0.25) is 11.8 Å². The van der Waals surface area contributed by atoms with E-state index in [9.17, 15) is 19.5 Å². The lowest BCUT2D eigenvalue weighted by atomic mass is 10.1. The first-order chi connectivity index (χ1) is 15.5. The molecule has 32 heavy (non-hydrogen) atoms. The fourth-order valence-electron chi connectivity index (χ4n) is 4.08. The topological polar surface area (TPSA) is 113 Å². The van der Waals surface area contributed by atoms with Crippen molar-refractivity contribution in [3.8, 4) is 5.88 Å². The van der Waals surface area contributed by atoms with Crippen LogP contribution in [0.1, 0.15) is 34.8 Å². The Hall–Kier alpha value is -4.20. The van der Waals surface area contributed by atoms with Crippen LogP contribution in [0.25, 0.3) is 21.5 Å². The van der Waals surface area contributed by atoms with Crippen molar-refractivity contribution < 1.29 is 19.5 Å². The van der Waals surface area contributed by atoms with Gasteiger partial charge in [0.05, 0.1) is 0 Å². The van der Waals surface area contributed by atoms with Gasteiger partial charge in [0.1, 0.15) is 6.04 Å². The van der Waals surface area contributed by atoms with Crippen LogP contribution in [0.4, 0.5) is 0 Å². The van der Waals surface area contributed by atoms with Gasteiger partial charge in [-0.3, -0.25) is 24.7 Å². The van der Waals surface area contributed by atoms with E-state index < -0.39 is 11.9 Å². The lowest BCUT2D eigenvalue weighted by Crippen LogP contribution is -2.41. The van der Waals surface area contributed by atoms with Gasteiger partial charge >= 0.3 is 0 Å². The number of imide groups is 1. The van der Waals surface area contributed by atoms with Crippen LogP contribution in [0.5, 0.6) is 5.88 Å². The number of carbonyl (C=O) groups is 3. The number of piperidine rings is 1. The molecule has 1 aliphatic rings. The van der Waals surface area contributed by atoms with Crippen molar-refractivity contribution in [1.82, 2.24) is 20.2 Å². The monoisotopic (exact) mass is 428 g/mol. The van der Waals surface area contributed by atoms with E-state index in [0.717, 1.165) is 21.7 Å². The minimum Gasteiger partial charge on any atom is -0.494 e. The number of rotatable bonds is 4. The summed E-state index contributed by atoms with van der Waals surface area (Å²) in [5, 5.41) is 19.1. The number of carbonyl (C=O) groups excluding carboxylic acids is 3.